The molecule has 0 aliphatic heterocycles. The normalized spacial score (nSPS) is 36.8. The first-order valence-corrected chi connectivity index (χ1v) is 4.33. The molecule has 8 heavy (non-hydrogen) atoms. The molecule has 0 radical (unpaired) electrons. The third kappa shape index (κ3) is 1.58. The number of hydrogen-bond acceptors (Lipinski definition) is 1. The lowest BCUT2D eigenvalue weighted by Crippen LogP contribution is -2.31. The molecule has 0 heterocycles. The van der Waals surface area contributed by atoms with Crippen molar-refractivity contribution in [1.82, 2.24) is 0 Å². The smallest absolute Gasteiger partial charge is 0.0595 e. The summed E-state index contributed by atoms with van der Waals surface area (Å²) in [6.45, 7) is 2.94. The summed E-state index contributed by atoms with van der Waals surface area (Å²) in [4.78, 5) is 0. The minimum absolute atomic E-state index is 0.599. The summed E-state index contributed by atoms with van der Waals surface area (Å²) in [6, 6.07) is 0. The van der Waals surface area contributed by atoms with Crippen LogP contribution in [0.4, 0.5) is 0 Å². The van der Waals surface area contributed by atoms with Crippen molar-refractivity contribution in [2.75, 3.05) is 6.61 Å². The van der Waals surface area contributed by atoms with E-state index in [0.29, 0.717) is 6.10 Å². The van der Waals surface area contributed by atoms with Gasteiger partial charge in [0.2, 0.25) is 0 Å². The molecule has 0 aromatic heterocycles. The fourth-order valence-electron chi connectivity index (χ4n) is 0.873. The van der Waals surface area contributed by atoms with Gasteiger partial charge in [0.05, 0.1) is 6.10 Å². The van der Waals surface area contributed by atoms with E-state index in [-0.39, 0.29) is 0 Å². The maximum Gasteiger partial charge on any atom is 0.0595 e. The van der Waals surface area contributed by atoms with Crippen molar-refractivity contribution in [1.29, 1.82) is 0 Å². The summed E-state index contributed by atoms with van der Waals surface area (Å²) in [6.07, 6.45) is 3.14. The van der Waals surface area contributed by atoms with E-state index in [9.17, 15) is 0 Å². The minimum Gasteiger partial charge on any atom is -0.378 e. The van der Waals surface area contributed by atoms with E-state index >= 15 is 0 Å². The van der Waals surface area contributed by atoms with Gasteiger partial charge in [0.1, 0.15) is 0 Å². The van der Waals surface area contributed by atoms with Crippen molar-refractivity contribution in [2.45, 2.75) is 29.8 Å². The molecule has 1 nitrogen and oxygen atoms in total. The Kier molecular flexibility index (Phi) is 2.56. The Hall–Kier alpha value is 0.690. The maximum absolute atomic E-state index is 5.34. The second-order valence-corrected chi connectivity index (χ2v) is 3.91. The predicted octanol–water partition coefficient (Wildman–Crippen LogP) is 1.99. The number of ether oxygens (including phenoxy) is 1. The monoisotopic (exact) mass is 226 g/mol. The van der Waals surface area contributed by atoms with Gasteiger partial charge in [0, 0.05) is 10.5 Å². The van der Waals surface area contributed by atoms with E-state index in [4.69, 9.17) is 4.74 Å². The van der Waals surface area contributed by atoms with Crippen LogP contribution < -0.4 is 0 Å². The summed E-state index contributed by atoms with van der Waals surface area (Å²) in [5.74, 6) is 0. The molecule has 48 valence electrons. The predicted molar refractivity (Wildman–Crippen MR) is 42.5 cm³/mol. The van der Waals surface area contributed by atoms with Gasteiger partial charge in [0.15, 0.2) is 0 Å². The molecule has 1 saturated carbocycles. The van der Waals surface area contributed by atoms with E-state index in [0.717, 1.165) is 10.5 Å². The molecule has 1 fully saturated rings. The van der Waals surface area contributed by atoms with E-state index in [1.807, 2.05) is 0 Å². The molecule has 0 amide bonds. The Morgan fingerprint density at radius 2 is 2.25 bits per heavy atom. The molecule has 0 aromatic carbocycles. The molecular formula is C6H11IO. The molecule has 1 rings (SSSR count). The largest absolute Gasteiger partial charge is 0.378 e. The first kappa shape index (κ1) is 6.81. The Labute approximate surface area is 63.9 Å². The van der Waals surface area contributed by atoms with Crippen molar-refractivity contribution < 1.29 is 4.74 Å². The van der Waals surface area contributed by atoms with Crippen LogP contribution in [-0.4, -0.2) is 16.6 Å². The van der Waals surface area contributed by atoms with Crippen LogP contribution in [0.25, 0.3) is 0 Å². The molecule has 0 spiro atoms. The highest BCUT2D eigenvalue weighted by atomic mass is 127. The highest BCUT2D eigenvalue weighted by Crippen LogP contribution is 2.29. The van der Waals surface area contributed by atoms with Gasteiger partial charge in [-0.1, -0.05) is 22.6 Å². The van der Waals surface area contributed by atoms with Crippen LogP contribution in [0, 0.1) is 0 Å². The van der Waals surface area contributed by atoms with Crippen molar-refractivity contribution in [3.63, 3.8) is 0 Å². The maximum atomic E-state index is 5.34. The number of rotatable bonds is 2. The van der Waals surface area contributed by atoms with Crippen LogP contribution in [0.2, 0.25) is 0 Å². The third-order valence-corrected chi connectivity index (χ3v) is 2.46. The molecular weight excluding hydrogens is 215 g/mol. The highest BCUT2D eigenvalue weighted by molar-refractivity contribution is 14.1. The topological polar surface area (TPSA) is 9.23 Å². The van der Waals surface area contributed by atoms with E-state index in [2.05, 4.69) is 29.5 Å². The van der Waals surface area contributed by atoms with Gasteiger partial charge < -0.3 is 4.74 Å². The van der Waals surface area contributed by atoms with Crippen LogP contribution in [0.3, 0.4) is 0 Å². The van der Waals surface area contributed by atoms with Gasteiger partial charge in [-0.05, 0) is 19.8 Å². The van der Waals surface area contributed by atoms with Crippen LogP contribution in [0.5, 0.6) is 0 Å². The molecule has 2 heteroatoms. The Morgan fingerprint density at radius 3 is 2.62 bits per heavy atom. The Bertz CT molecular complexity index is 66.2. The van der Waals surface area contributed by atoms with E-state index in [1.54, 1.807) is 0 Å². The van der Waals surface area contributed by atoms with Gasteiger partial charge in [-0.15, -0.1) is 0 Å². The molecule has 1 aliphatic carbocycles. The third-order valence-electron chi connectivity index (χ3n) is 1.44. The summed E-state index contributed by atoms with van der Waals surface area (Å²) >= 11 is 2.47. The van der Waals surface area contributed by atoms with Gasteiger partial charge in [-0.2, -0.15) is 0 Å². The van der Waals surface area contributed by atoms with Gasteiger partial charge in [0.25, 0.3) is 0 Å². The molecule has 1 aliphatic rings. The van der Waals surface area contributed by atoms with Gasteiger partial charge in [-0.25, -0.2) is 0 Å². The molecule has 0 atom stereocenters. The number of hydrogen-bond donors (Lipinski definition) is 0. The lowest BCUT2D eigenvalue weighted by molar-refractivity contribution is 0.0167. The van der Waals surface area contributed by atoms with E-state index < -0.39 is 0 Å². The fraction of sp³-hybridized carbons (Fsp3) is 1.00. The zero-order chi connectivity index (χ0) is 5.98. The van der Waals surface area contributed by atoms with Crippen molar-refractivity contribution >= 4 is 22.6 Å². The number of halogens is 1. The zero-order valence-electron chi connectivity index (χ0n) is 5.06. The minimum atomic E-state index is 0.599. The number of alkyl halides is 1. The molecule has 0 unspecified atom stereocenters. The van der Waals surface area contributed by atoms with Crippen molar-refractivity contribution in [2.24, 2.45) is 0 Å². The SMILES string of the molecule is CCOC1CC(I)C1. The first-order chi connectivity index (χ1) is 3.83. The first-order valence-electron chi connectivity index (χ1n) is 3.08. The van der Waals surface area contributed by atoms with E-state index in [1.165, 1.54) is 12.8 Å². The van der Waals surface area contributed by atoms with Crippen LogP contribution in [-0.2, 0) is 4.74 Å². The lowest BCUT2D eigenvalue weighted by Gasteiger charge is -2.30. The molecule has 0 bridgehead atoms. The average molecular weight is 226 g/mol. The summed E-state index contributed by atoms with van der Waals surface area (Å²) in [7, 11) is 0. The second kappa shape index (κ2) is 3.01. The fourth-order valence-corrected chi connectivity index (χ4v) is 2.01. The lowest BCUT2D eigenvalue weighted by atomic mass is 9.96. The van der Waals surface area contributed by atoms with Crippen molar-refractivity contribution in [3.05, 3.63) is 0 Å². The van der Waals surface area contributed by atoms with Crippen LogP contribution >= 0.6 is 22.6 Å². The highest BCUT2D eigenvalue weighted by Gasteiger charge is 2.26. The standard InChI is InChI=1S/C6H11IO/c1-2-8-6-3-5(7)4-6/h5-6H,2-4H2,1H3. The average Bonchev–Trinajstić information content (AvgIpc) is 1.64. The Morgan fingerprint density at radius 1 is 1.62 bits per heavy atom. The van der Waals surface area contributed by atoms with Crippen LogP contribution in [0.1, 0.15) is 19.8 Å². The quantitative estimate of drug-likeness (QED) is 0.516. The molecule has 0 aromatic rings. The van der Waals surface area contributed by atoms with Gasteiger partial charge in [-0.3, -0.25) is 0 Å². The second-order valence-electron chi connectivity index (χ2n) is 2.15. The molecule has 0 N–H and O–H groups in total. The van der Waals surface area contributed by atoms with Crippen LogP contribution in [0.15, 0.2) is 0 Å². The summed E-state index contributed by atoms with van der Waals surface area (Å²) in [5.41, 5.74) is 0. The summed E-state index contributed by atoms with van der Waals surface area (Å²) < 4.78 is 6.24. The summed E-state index contributed by atoms with van der Waals surface area (Å²) in [5, 5.41) is 0. The van der Waals surface area contributed by atoms with Gasteiger partial charge >= 0.3 is 0 Å². The Balaban J connectivity index is 1.98. The molecule has 0 saturated heterocycles. The van der Waals surface area contributed by atoms with Crippen molar-refractivity contribution in [3.8, 4) is 0 Å². The zero-order valence-corrected chi connectivity index (χ0v) is 7.22.